The van der Waals surface area contributed by atoms with Gasteiger partial charge in [-0.3, -0.25) is 4.79 Å². The van der Waals surface area contributed by atoms with Gasteiger partial charge in [0.05, 0.1) is 22.5 Å². The van der Waals surface area contributed by atoms with Crippen molar-refractivity contribution in [2.24, 2.45) is 0 Å². The minimum absolute atomic E-state index is 0.0215. The Bertz CT molecular complexity index is 895. The molecule has 0 aliphatic heterocycles. The predicted molar refractivity (Wildman–Crippen MR) is 91.9 cm³/mol. The SMILES string of the molecule is CSCc1nc2ccccc2n1CC(=O)Nc1cc(F)ccc1F. The largest absolute Gasteiger partial charge is 0.322 e. The van der Waals surface area contributed by atoms with Crippen LogP contribution in [-0.2, 0) is 17.1 Å². The molecule has 0 radical (unpaired) electrons. The molecule has 1 heterocycles. The van der Waals surface area contributed by atoms with Gasteiger partial charge < -0.3 is 9.88 Å². The first-order valence-corrected chi connectivity index (χ1v) is 8.66. The molecule has 3 rings (SSSR count). The van der Waals surface area contributed by atoms with Gasteiger partial charge in [-0.05, 0) is 30.5 Å². The Kier molecular flexibility index (Phi) is 4.80. The number of thioether (sulfide) groups is 1. The van der Waals surface area contributed by atoms with E-state index in [0.717, 1.165) is 35.1 Å². The summed E-state index contributed by atoms with van der Waals surface area (Å²) in [5, 5.41) is 2.41. The summed E-state index contributed by atoms with van der Waals surface area (Å²) in [5.74, 6) is -0.313. The van der Waals surface area contributed by atoms with Crippen LogP contribution in [0.25, 0.3) is 11.0 Å². The van der Waals surface area contributed by atoms with Crippen LogP contribution in [0.2, 0.25) is 0 Å². The molecule has 24 heavy (non-hydrogen) atoms. The summed E-state index contributed by atoms with van der Waals surface area (Å²) in [6.45, 7) is -0.0215. The number of rotatable bonds is 5. The van der Waals surface area contributed by atoms with Crippen LogP contribution in [0.5, 0.6) is 0 Å². The predicted octanol–water partition coefficient (Wildman–Crippen LogP) is 3.82. The Morgan fingerprint density at radius 1 is 1.25 bits per heavy atom. The number of hydrogen-bond donors (Lipinski definition) is 1. The number of anilines is 1. The highest BCUT2D eigenvalue weighted by Gasteiger charge is 2.14. The summed E-state index contributed by atoms with van der Waals surface area (Å²) in [6, 6.07) is 10.4. The number of imidazole rings is 1. The lowest BCUT2D eigenvalue weighted by Gasteiger charge is -2.10. The van der Waals surface area contributed by atoms with Crippen LogP contribution < -0.4 is 5.32 Å². The van der Waals surface area contributed by atoms with Crippen LogP contribution in [0.4, 0.5) is 14.5 Å². The summed E-state index contributed by atoms with van der Waals surface area (Å²) < 4.78 is 28.7. The molecule has 1 aromatic heterocycles. The maximum atomic E-state index is 13.7. The zero-order valence-corrected chi connectivity index (χ0v) is 13.7. The third-order valence-electron chi connectivity index (χ3n) is 3.51. The Morgan fingerprint density at radius 2 is 2.04 bits per heavy atom. The molecule has 124 valence electrons. The van der Waals surface area contributed by atoms with E-state index >= 15 is 0 Å². The maximum Gasteiger partial charge on any atom is 0.244 e. The Hall–Kier alpha value is -2.41. The average Bonchev–Trinajstić information content (AvgIpc) is 2.89. The number of carbonyl (C=O) groups is 1. The van der Waals surface area contributed by atoms with E-state index in [1.807, 2.05) is 30.5 Å². The second kappa shape index (κ2) is 7.00. The zero-order chi connectivity index (χ0) is 17.1. The molecule has 0 unspecified atom stereocenters. The summed E-state index contributed by atoms with van der Waals surface area (Å²) in [4.78, 5) is 16.8. The number of halogens is 2. The normalized spacial score (nSPS) is 11.0. The zero-order valence-electron chi connectivity index (χ0n) is 12.9. The number of fused-ring (bicyclic) bond motifs is 1. The van der Waals surface area contributed by atoms with Crippen LogP contribution in [0, 0.1) is 11.6 Å². The Labute approximate surface area is 141 Å². The molecule has 0 bridgehead atoms. The van der Waals surface area contributed by atoms with Gasteiger partial charge in [0.15, 0.2) is 0 Å². The molecule has 0 saturated heterocycles. The third kappa shape index (κ3) is 3.41. The van der Waals surface area contributed by atoms with Crippen molar-refractivity contribution in [2.45, 2.75) is 12.3 Å². The lowest BCUT2D eigenvalue weighted by molar-refractivity contribution is -0.116. The van der Waals surface area contributed by atoms with Crippen molar-refractivity contribution in [3.63, 3.8) is 0 Å². The van der Waals surface area contributed by atoms with Crippen molar-refractivity contribution in [2.75, 3.05) is 11.6 Å². The van der Waals surface area contributed by atoms with Crippen LogP contribution in [-0.4, -0.2) is 21.7 Å². The second-order valence-corrected chi connectivity index (χ2v) is 6.07. The van der Waals surface area contributed by atoms with Crippen LogP contribution in [0.15, 0.2) is 42.5 Å². The lowest BCUT2D eigenvalue weighted by Crippen LogP contribution is -2.20. The lowest BCUT2D eigenvalue weighted by atomic mass is 10.3. The van der Waals surface area contributed by atoms with Crippen LogP contribution >= 0.6 is 11.8 Å². The van der Waals surface area contributed by atoms with E-state index in [4.69, 9.17) is 0 Å². The molecule has 0 fully saturated rings. The quantitative estimate of drug-likeness (QED) is 0.763. The first-order chi connectivity index (χ1) is 11.6. The van der Waals surface area contributed by atoms with E-state index < -0.39 is 17.5 Å². The van der Waals surface area contributed by atoms with Crippen molar-refractivity contribution in [1.82, 2.24) is 9.55 Å². The highest BCUT2D eigenvalue weighted by atomic mass is 32.2. The fourth-order valence-electron chi connectivity index (χ4n) is 2.47. The van der Waals surface area contributed by atoms with Crippen molar-refractivity contribution >= 4 is 34.4 Å². The molecule has 1 amide bonds. The molecular formula is C17H15F2N3OS. The molecule has 1 N–H and O–H groups in total. The number of nitrogens with one attached hydrogen (secondary N) is 1. The van der Waals surface area contributed by atoms with Crippen molar-refractivity contribution in [1.29, 1.82) is 0 Å². The number of para-hydroxylation sites is 2. The topological polar surface area (TPSA) is 46.9 Å². The smallest absolute Gasteiger partial charge is 0.244 e. The summed E-state index contributed by atoms with van der Waals surface area (Å²) in [7, 11) is 0. The van der Waals surface area contributed by atoms with Gasteiger partial charge in [-0.1, -0.05) is 12.1 Å². The highest BCUT2D eigenvalue weighted by molar-refractivity contribution is 7.97. The third-order valence-corrected chi connectivity index (χ3v) is 4.06. The van der Waals surface area contributed by atoms with Gasteiger partial charge in [-0.15, -0.1) is 0 Å². The molecular weight excluding hydrogens is 332 g/mol. The summed E-state index contributed by atoms with van der Waals surface area (Å²) in [5.41, 5.74) is 1.46. The number of aromatic nitrogens is 2. The minimum Gasteiger partial charge on any atom is -0.322 e. The number of hydrogen-bond acceptors (Lipinski definition) is 3. The first kappa shape index (κ1) is 16.4. The number of amides is 1. The first-order valence-electron chi connectivity index (χ1n) is 7.26. The minimum atomic E-state index is -0.676. The van der Waals surface area contributed by atoms with E-state index in [1.54, 1.807) is 16.3 Å². The van der Waals surface area contributed by atoms with Crippen molar-refractivity contribution in [3.8, 4) is 0 Å². The molecule has 3 aromatic rings. The molecule has 0 aliphatic carbocycles. The molecule has 4 nitrogen and oxygen atoms in total. The Balaban J connectivity index is 1.87. The second-order valence-electron chi connectivity index (χ2n) is 5.21. The van der Waals surface area contributed by atoms with E-state index in [2.05, 4.69) is 10.3 Å². The van der Waals surface area contributed by atoms with Crippen molar-refractivity contribution < 1.29 is 13.6 Å². The van der Waals surface area contributed by atoms with Gasteiger partial charge in [0.1, 0.15) is 24.0 Å². The molecule has 0 aliphatic rings. The fraction of sp³-hybridized carbons (Fsp3) is 0.176. The van der Waals surface area contributed by atoms with Crippen LogP contribution in [0.1, 0.15) is 5.82 Å². The van der Waals surface area contributed by atoms with Crippen molar-refractivity contribution in [3.05, 3.63) is 59.9 Å². The number of carbonyl (C=O) groups excluding carboxylic acids is 1. The highest BCUT2D eigenvalue weighted by Crippen LogP contribution is 2.20. The van der Waals surface area contributed by atoms with Gasteiger partial charge in [0.25, 0.3) is 0 Å². The van der Waals surface area contributed by atoms with E-state index in [0.29, 0.717) is 5.75 Å². The maximum absolute atomic E-state index is 13.7. The molecule has 0 atom stereocenters. The molecule has 0 saturated carbocycles. The standard InChI is InChI=1S/C17H15F2N3OS/c1-24-10-16-20-13-4-2-3-5-15(13)22(16)9-17(23)21-14-8-11(18)6-7-12(14)19/h2-8H,9-10H2,1H3,(H,21,23). The molecule has 0 spiro atoms. The fourth-order valence-corrected chi connectivity index (χ4v) is 2.95. The summed E-state index contributed by atoms with van der Waals surface area (Å²) >= 11 is 1.59. The Morgan fingerprint density at radius 3 is 2.83 bits per heavy atom. The van der Waals surface area contributed by atoms with E-state index in [9.17, 15) is 13.6 Å². The molecule has 2 aromatic carbocycles. The molecule has 7 heteroatoms. The average molecular weight is 347 g/mol. The monoisotopic (exact) mass is 347 g/mol. The number of nitrogens with zero attached hydrogens (tertiary/aromatic N) is 2. The van der Waals surface area contributed by atoms with E-state index in [1.165, 1.54) is 0 Å². The van der Waals surface area contributed by atoms with Gasteiger partial charge >= 0.3 is 0 Å². The summed E-state index contributed by atoms with van der Waals surface area (Å²) in [6.07, 6.45) is 1.95. The van der Waals surface area contributed by atoms with Crippen LogP contribution in [0.3, 0.4) is 0 Å². The van der Waals surface area contributed by atoms with Gasteiger partial charge in [-0.2, -0.15) is 11.8 Å². The van der Waals surface area contributed by atoms with Gasteiger partial charge in [0.2, 0.25) is 5.91 Å². The van der Waals surface area contributed by atoms with Gasteiger partial charge in [-0.25, -0.2) is 13.8 Å². The van der Waals surface area contributed by atoms with E-state index in [-0.39, 0.29) is 12.2 Å². The number of benzene rings is 2. The van der Waals surface area contributed by atoms with Gasteiger partial charge in [0, 0.05) is 6.07 Å².